The number of rotatable bonds is 4. The van der Waals surface area contributed by atoms with Gasteiger partial charge in [-0.05, 0) is 43.2 Å². The molecule has 3 aliphatic rings. The first-order valence-corrected chi connectivity index (χ1v) is 10.8. The molecule has 2 aliphatic heterocycles. The van der Waals surface area contributed by atoms with Crippen molar-refractivity contribution in [3.8, 4) is 5.75 Å². The average Bonchev–Trinajstić information content (AvgIpc) is 3.06. The molecule has 3 N–H and O–H groups in total. The summed E-state index contributed by atoms with van der Waals surface area (Å²) in [4.78, 5) is 60.3. The fourth-order valence-corrected chi connectivity index (χ4v) is 4.50. The van der Waals surface area contributed by atoms with Crippen molar-refractivity contribution < 1.29 is 19.5 Å². The summed E-state index contributed by atoms with van der Waals surface area (Å²) in [6.07, 6.45) is 5.56. The molecule has 174 valence electrons. The van der Waals surface area contributed by atoms with E-state index in [0.29, 0.717) is 32.2 Å². The Morgan fingerprint density at radius 2 is 2.00 bits per heavy atom. The summed E-state index contributed by atoms with van der Waals surface area (Å²) in [5, 5.41) is 15.9. The van der Waals surface area contributed by atoms with Crippen LogP contribution >= 0.6 is 0 Å². The highest BCUT2D eigenvalue weighted by molar-refractivity contribution is 6.35. The van der Waals surface area contributed by atoms with E-state index in [2.05, 4.69) is 20.6 Å². The molecule has 4 heterocycles. The van der Waals surface area contributed by atoms with Gasteiger partial charge in [0.1, 0.15) is 5.82 Å². The number of amides is 3. The molecule has 5 rings (SSSR count). The molecule has 0 spiro atoms. The topological polar surface area (TPSA) is 147 Å². The van der Waals surface area contributed by atoms with E-state index < -0.39 is 40.3 Å². The second-order valence-corrected chi connectivity index (χ2v) is 8.77. The van der Waals surface area contributed by atoms with Crippen LogP contribution in [0.15, 0.2) is 29.3 Å². The maximum atomic E-state index is 13.0. The van der Waals surface area contributed by atoms with Crippen LogP contribution in [-0.4, -0.2) is 56.4 Å². The lowest BCUT2D eigenvalue weighted by molar-refractivity contribution is -0.145. The highest BCUT2D eigenvalue weighted by atomic mass is 16.3. The SMILES string of the molecule is CN(C)C(=O)C(=O)NC12CCC(CC1)Cn1c2nc(C(=O)NCc2cccnc2)c(O)c1=O. The number of nitrogens with zero attached hydrogens (tertiary/aromatic N) is 4. The summed E-state index contributed by atoms with van der Waals surface area (Å²) >= 11 is 0. The van der Waals surface area contributed by atoms with E-state index in [1.54, 1.807) is 24.5 Å². The van der Waals surface area contributed by atoms with Gasteiger partial charge in [-0.1, -0.05) is 6.07 Å². The Bertz CT molecular complexity index is 1150. The minimum Gasteiger partial charge on any atom is -0.501 e. The van der Waals surface area contributed by atoms with E-state index in [4.69, 9.17) is 0 Å². The fraction of sp³-hybridized carbons (Fsp3) is 0.455. The molecule has 3 amide bonds. The van der Waals surface area contributed by atoms with E-state index >= 15 is 0 Å². The normalized spacial score (nSPS) is 21.0. The van der Waals surface area contributed by atoms with Crippen molar-refractivity contribution >= 4 is 17.7 Å². The first kappa shape index (κ1) is 22.4. The van der Waals surface area contributed by atoms with Gasteiger partial charge in [-0.25, -0.2) is 4.98 Å². The van der Waals surface area contributed by atoms with Crippen molar-refractivity contribution in [2.75, 3.05) is 14.1 Å². The quantitative estimate of drug-likeness (QED) is 0.546. The first-order valence-electron chi connectivity index (χ1n) is 10.8. The molecule has 0 aromatic carbocycles. The minimum absolute atomic E-state index is 0.132. The molecule has 2 aromatic rings. The van der Waals surface area contributed by atoms with Gasteiger partial charge in [-0.2, -0.15) is 0 Å². The third-order valence-corrected chi connectivity index (χ3v) is 6.32. The van der Waals surface area contributed by atoms with Crippen LogP contribution < -0.4 is 16.2 Å². The van der Waals surface area contributed by atoms with Crippen LogP contribution in [0.25, 0.3) is 0 Å². The molecule has 0 radical (unpaired) electrons. The number of pyridine rings is 1. The highest BCUT2D eigenvalue weighted by Gasteiger charge is 2.46. The largest absolute Gasteiger partial charge is 0.501 e. The van der Waals surface area contributed by atoms with Crippen molar-refractivity contribution in [3.05, 3.63) is 52.0 Å². The van der Waals surface area contributed by atoms with Gasteiger partial charge in [0, 0.05) is 39.6 Å². The van der Waals surface area contributed by atoms with Crippen LogP contribution in [0.3, 0.4) is 0 Å². The predicted octanol–water partition coefficient (Wildman–Crippen LogP) is -0.123. The smallest absolute Gasteiger partial charge is 0.311 e. The van der Waals surface area contributed by atoms with Gasteiger partial charge in [0.2, 0.25) is 5.75 Å². The fourth-order valence-electron chi connectivity index (χ4n) is 4.50. The summed E-state index contributed by atoms with van der Waals surface area (Å²) < 4.78 is 1.33. The van der Waals surface area contributed by atoms with Crippen LogP contribution in [0.5, 0.6) is 5.75 Å². The lowest BCUT2D eigenvalue weighted by Gasteiger charge is -2.37. The van der Waals surface area contributed by atoms with Gasteiger partial charge in [-0.15, -0.1) is 0 Å². The molecule has 2 bridgehead atoms. The van der Waals surface area contributed by atoms with E-state index in [-0.39, 0.29) is 18.3 Å². The third-order valence-electron chi connectivity index (χ3n) is 6.32. The predicted molar refractivity (Wildman–Crippen MR) is 116 cm³/mol. The third kappa shape index (κ3) is 4.18. The molecule has 1 saturated carbocycles. The Labute approximate surface area is 189 Å². The highest BCUT2D eigenvalue weighted by Crippen LogP contribution is 2.42. The monoisotopic (exact) mass is 454 g/mol. The molecule has 0 atom stereocenters. The number of nitrogens with one attached hydrogen (secondary N) is 2. The van der Waals surface area contributed by atoms with Crippen LogP contribution in [0, 0.1) is 5.92 Å². The lowest BCUT2D eigenvalue weighted by Crippen LogP contribution is -2.53. The Morgan fingerprint density at radius 1 is 1.27 bits per heavy atom. The molecule has 1 fully saturated rings. The lowest BCUT2D eigenvalue weighted by atomic mass is 9.77. The van der Waals surface area contributed by atoms with Crippen LogP contribution in [0.2, 0.25) is 0 Å². The second kappa shape index (κ2) is 8.64. The van der Waals surface area contributed by atoms with E-state index in [1.807, 2.05) is 0 Å². The summed E-state index contributed by atoms with van der Waals surface area (Å²) in [5.74, 6) is -2.63. The number of aromatic hydroxyl groups is 1. The van der Waals surface area contributed by atoms with Gasteiger partial charge < -0.3 is 20.6 Å². The van der Waals surface area contributed by atoms with E-state index in [9.17, 15) is 24.3 Å². The molecule has 11 heteroatoms. The summed E-state index contributed by atoms with van der Waals surface area (Å²) in [5.41, 5.74) is -1.49. The van der Waals surface area contributed by atoms with Crippen molar-refractivity contribution in [2.24, 2.45) is 5.92 Å². The Kier molecular flexibility index (Phi) is 5.88. The number of carbonyl (C=O) groups excluding carboxylic acids is 3. The Balaban J connectivity index is 1.72. The van der Waals surface area contributed by atoms with Crippen LogP contribution in [-0.2, 0) is 28.2 Å². The number of carbonyl (C=O) groups is 3. The van der Waals surface area contributed by atoms with Crippen LogP contribution in [0.1, 0.15) is 47.6 Å². The number of hydrogen-bond acceptors (Lipinski definition) is 7. The first-order chi connectivity index (χ1) is 15.7. The minimum atomic E-state index is -1.08. The number of fused-ring (bicyclic) bond motifs is 2. The summed E-state index contributed by atoms with van der Waals surface area (Å²) in [7, 11) is 2.95. The summed E-state index contributed by atoms with van der Waals surface area (Å²) in [6, 6.07) is 3.50. The standard InChI is InChI=1S/C22H26N6O5/c1-27(2)20(33)18(31)26-22-7-5-13(6-8-22)12-28-19(32)16(29)15(25-21(22)28)17(30)24-11-14-4-3-9-23-10-14/h3-4,9-10,13,29H,5-8,11-12H2,1-2H3,(H,24,30)(H,26,31). The average molecular weight is 454 g/mol. The molecular weight excluding hydrogens is 428 g/mol. The molecular formula is C22H26N6O5. The molecule has 11 nitrogen and oxygen atoms in total. The summed E-state index contributed by atoms with van der Waals surface area (Å²) in [6.45, 7) is 0.457. The van der Waals surface area contributed by atoms with Gasteiger partial charge in [-0.3, -0.25) is 28.7 Å². The van der Waals surface area contributed by atoms with Gasteiger partial charge in [0.25, 0.3) is 11.5 Å². The molecule has 0 unspecified atom stereocenters. The number of hydrogen-bond donors (Lipinski definition) is 3. The zero-order chi connectivity index (χ0) is 23.8. The van der Waals surface area contributed by atoms with Crippen molar-refractivity contribution in [3.63, 3.8) is 0 Å². The van der Waals surface area contributed by atoms with Crippen molar-refractivity contribution in [1.29, 1.82) is 0 Å². The van der Waals surface area contributed by atoms with Gasteiger partial charge >= 0.3 is 11.8 Å². The van der Waals surface area contributed by atoms with E-state index in [0.717, 1.165) is 5.56 Å². The van der Waals surface area contributed by atoms with Crippen molar-refractivity contribution in [2.45, 2.75) is 44.3 Å². The van der Waals surface area contributed by atoms with Crippen molar-refractivity contribution in [1.82, 2.24) is 30.1 Å². The Morgan fingerprint density at radius 3 is 2.64 bits per heavy atom. The Hall–Kier alpha value is -3.76. The maximum absolute atomic E-state index is 13.0. The molecule has 2 aromatic heterocycles. The zero-order valence-corrected chi connectivity index (χ0v) is 18.5. The van der Waals surface area contributed by atoms with Gasteiger partial charge in [0.15, 0.2) is 5.69 Å². The van der Waals surface area contributed by atoms with E-state index in [1.165, 1.54) is 23.6 Å². The number of likely N-dealkylation sites (N-methyl/N-ethyl adjacent to an activating group) is 1. The zero-order valence-electron chi connectivity index (χ0n) is 18.5. The van der Waals surface area contributed by atoms with Gasteiger partial charge in [0.05, 0.1) is 5.54 Å². The second-order valence-electron chi connectivity index (χ2n) is 8.77. The molecule has 33 heavy (non-hydrogen) atoms. The molecule has 0 saturated heterocycles. The maximum Gasteiger partial charge on any atom is 0.311 e. The van der Waals surface area contributed by atoms with Crippen LogP contribution in [0.4, 0.5) is 0 Å². The molecule has 1 aliphatic carbocycles. The number of aromatic nitrogens is 3.